The number of nitrogens with zero attached hydrogens (tertiary/aromatic N) is 1. The summed E-state index contributed by atoms with van der Waals surface area (Å²) in [5.74, 6) is 1.04. The Morgan fingerprint density at radius 1 is 1.16 bits per heavy atom. The zero-order valence-corrected chi connectivity index (χ0v) is 12.2. The number of H-pyrrole nitrogens is 1. The van der Waals surface area contributed by atoms with Crippen molar-refractivity contribution in [3.63, 3.8) is 0 Å². The van der Waals surface area contributed by atoms with E-state index in [2.05, 4.69) is 48.2 Å². The number of rotatable bonds is 7. The smallest absolute Gasteiger partial charge is 0.124 e. The van der Waals surface area contributed by atoms with Crippen LogP contribution in [-0.4, -0.2) is 16.0 Å². The van der Waals surface area contributed by atoms with Gasteiger partial charge in [-0.2, -0.15) is 0 Å². The molecule has 0 spiro atoms. The number of aromatic nitrogens is 2. The molecular formula is C16H25N3. The Morgan fingerprint density at radius 3 is 2.47 bits per heavy atom. The van der Waals surface area contributed by atoms with E-state index >= 15 is 0 Å². The molecule has 2 aromatic rings. The average Bonchev–Trinajstić information content (AvgIpc) is 2.83. The van der Waals surface area contributed by atoms with Crippen molar-refractivity contribution in [2.75, 3.05) is 0 Å². The standard InChI is InChI=1S/C16H25N3/c1-4-8-13(9-5-2)17-12(3)16-18-14-10-6-7-11-15(14)19-16/h6-7,10-13,17H,4-5,8-9H2,1-3H3,(H,18,19). The average molecular weight is 259 g/mol. The molecule has 3 heteroatoms. The molecule has 0 aliphatic rings. The Balaban J connectivity index is 2.07. The topological polar surface area (TPSA) is 40.7 Å². The van der Waals surface area contributed by atoms with Crippen molar-refractivity contribution in [1.29, 1.82) is 0 Å². The first-order valence-corrected chi connectivity index (χ1v) is 7.45. The van der Waals surface area contributed by atoms with E-state index in [1.165, 1.54) is 25.7 Å². The van der Waals surface area contributed by atoms with Crippen LogP contribution < -0.4 is 5.32 Å². The van der Waals surface area contributed by atoms with E-state index in [4.69, 9.17) is 0 Å². The van der Waals surface area contributed by atoms with E-state index in [1.54, 1.807) is 0 Å². The number of hydrogen-bond donors (Lipinski definition) is 2. The molecule has 1 atom stereocenters. The van der Waals surface area contributed by atoms with Crippen molar-refractivity contribution in [2.24, 2.45) is 0 Å². The highest BCUT2D eigenvalue weighted by atomic mass is 15.0. The Hall–Kier alpha value is -1.35. The van der Waals surface area contributed by atoms with Crippen LogP contribution in [0.5, 0.6) is 0 Å². The molecule has 19 heavy (non-hydrogen) atoms. The molecule has 1 aromatic carbocycles. The normalized spacial score (nSPS) is 13.3. The molecule has 0 fully saturated rings. The van der Waals surface area contributed by atoms with Gasteiger partial charge in [0.05, 0.1) is 17.1 Å². The first kappa shape index (κ1) is 14.1. The van der Waals surface area contributed by atoms with Gasteiger partial charge in [-0.15, -0.1) is 0 Å². The van der Waals surface area contributed by atoms with Crippen molar-refractivity contribution in [3.05, 3.63) is 30.1 Å². The lowest BCUT2D eigenvalue weighted by atomic mass is 10.1. The maximum absolute atomic E-state index is 4.67. The molecule has 1 heterocycles. The summed E-state index contributed by atoms with van der Waals surface area (Å²) in [6.07, 6.45) is 4.92. The number of nitrogens with one attached hydrogen (secondary N) is 2. The predicted octanol–water partition coefficient (Wildman–Crippen LogP) is 4.18. The van der Waals surface area contributed by atoms with E-state index in [-0.39, 0.29) is 6.04 Å². The van der Waals surface area contributed by atoms with Crippen molar-refractivity contribution in [2.45, 2.75) is 58.5 Å². The van der Waals surface area contributed by atoms with Crippen LogP contribution in [0.15, 0.2) is 24.3 Å². The van der Waals surface area contributed by atoms with Crippen LogP contribution in [-0.2, 0) is 0 Å². The number of para-hydroxylation sites is 2. The Kier molecular flexibility index (Phi) is 4.97. The summed E-state index contributed by atoms with van der Waals surface area (Å²) in [6, 6.07) is 9.07. The van der Waals surface area contributed by atoms with E-state index in [1.807, 2.05) is 12.1 Å². The van der Waals surface area contributed by atoms with Crippen LogP contribution >= 0.6 is 0 Å². The van der Waals surface area contributed by atoms with Crippen LogP contribution in [0.2, 0.25) is 0 Å². The second-order valence-electron chi connectivity index (χ2n) is 5.30. The van der Waals surface area contributed by atoms with Gasteiger partial charge >= 0.3 is 0 Å². The number of imidazole rings is 1. The Labute approximate surface area is 115 Å². The fourth-order valence-corrected chi connectivity index (χ4v) is 2.62. The third-order valence-corrected chi connectivity index (χ3v) is 3.58. The molecule has 1 aromatic heterocycles. The van der Waals surface area contributed by atoms with Crippen molar-refractivity contribution < 1.29 is 0 Å². The molecule has 104 valence electrons. The van der Waals surface area contributed by atoms with Crippen LogP contribution in [0.25, 0.3) is 11.0 Å². The molecule has 1 unspecified atom stereocenters. The summed E-state index contributed by atoms with van der Waals surface area (Å²) in [5.41, 5.74) is 2.17. The number of aromatic amines is 1. The monoisotopic (exact) mass is 259 g/mol. The molecule has 3 nitrogen and oxygen atoms in total. The molecule has 0 saturated carbocycles. The van der Waals surface area contributed by atoms with Gasteiger partial charge in [0.1, 0.15) is 5.82 Å². The molecule has 0 aliphatic heterocycles. The number of hydrogen-bond acceptors (Lipinski definition) is 2. The third-order valence-electron chi connectivity index (χ3n) is 3.58. The SMILES string of the molecule is CCCC(CCC)NC(C)c1nc2ccccc2[nH]1. The van der Waals surface area contributed by atoms with Crippen LogP contribution in [0.3, 0.4) is 0 Å². The molecule has 0 amide bonds. The second-order valence-corrected chi connectivity index (χ2v) is 5.30. The lowest BCUT2D eigenvalue weighted by Crippen LogP contribution is -2.31. The summed E-state index contributed by atoms with van der Waals surface area (Å²) in [7, 11) is 0. The minimum atomic E-state index is 0.274. The van der Waals surface area contributed by atoms with Gasteiger partial charge in [0.15, 0.2) is 0 Å². The fourth-order valence-electron chi connectivity index (χ4n) is 2.62. The van der Waals surface area contributed by atoms with Crippen molar-refractivity contribution >= 4 is 11.0 Å². The summed E-state index contributed by atoms with van der Waals surface area (Å²) in [6.45, 7) is 6.68. The van der Waals surface area contributed by atoms with Gasteiger partial charge in [-0.1, -0.05) is 38.8 Å². The highest BCUT2D eigenvalue weighted by molar-refractivity contribution is 5.74. The third kappa shape index (κ3) is 3.57. The summed E-state index contributed by atoms with van der Waals surface area (Å²) >= 11 is 0. The first-order chi connectivity index (χ1) is 9.24. The molecule has 0 aliphatic carbocycles. The molecule has 0 radical (unpaired) electrons. The van der Waals surface area contributed by atoms with Crippen LogP contribution in [0.1, 0.15) is 58.3 Å². The van der Waals surface area contributed by atoms with Crippen LogP contribution in [0, 0.1) is 0 Å². The maximum atomic E-state index is 4.67. The first-order valence-electron chi connectivity index (χ1n) is 7.45. The molecule has 2 rings (SSSR count). The van der Waals surface area contributed by atoms with Gasteiger partial charge in [-0.05, 0) is 31.9 Å². The zero-order chi connectivity index (χ0) is 13.7. The van der Waals surface area contributed by atoms with E-state index < -0.39 is 0 Å². The van der Waals surface area contributed by atoms with E-state index in [0.717, 1.165) is 16.9 Å². The van der Waals surface area contributed by atoms with E-state index in [9.17, 15) is 0 Å². The van der Waals surface area contributed by atoms with Gasteiger partial charge in [0.25, 0.3) is 0 Å². The molecular weight excluding hydrogens is 234 g/mol. The van der Waals surface area contributed by atoms with Crippen molar-refractivity contribution in [3.8, 4) is 0 Å². The van der Waals surface area contributed by atoms with Gasteiger partial charge < -0.3 is 10.3 Å². The number of fused-ring (bicyclic) bond motifs is 1. The molecule has 0 saturated heterocycles. The zero-order valence-electron chi connectivity index (χ0n) is 12.2. The largest absolute Gasteiger partial charge is 0.341 e. The number of benzene rings is 1. The lowest BCUT2D eigenvalue weighted by molar-refractivity contribution is 0.395. The molecule has 0 bridgehead atoms. The van der Waals surface area contributed by atoms with Gasteiger partial charge in [0, 0.05) is 6.04 Å². The Morgan fingerprint density at radius 2 is 1.84 bits per heavy atom. The summed E-state index contributed by atoms with van der Waals surface area (Å²) in [4.78, 5) is 8.08. The van der Waals surface area contributed by atoms with Gasteiger partial charge in [-0.3, -0.25) is 0 Å². The highest BCUT2D eigenvalue weighted by Crippen LogP contribution is 2.17. The Bertz CT molecular complexity index is 464. The second kappa shape index (κ2) is 6.71. The summed E-state index contributed by atoms with van der Waals surface area (Å²) < 4.78 is 0. The highest BCUT2D eigenvalue weighted by Gasteiger charge is 2.14. The lowest BCUT2D eigenvalue weighted by Gasteiger charge is -2.21. The van der Waals surface area contributed by atoms with Crippen LogP contribution in [0.4, 0.5) is 0 Å². The quantitative estimate of drug-likeness (QED) is 0.783. The minimum absolute atomic E-state index is 0.274. The maximum Gasteiger partial charge on any atom is 0.124 e. The van der Waals surface area contributed by atoms with Gasteiger partial charge in [-0.25, -0.2) is 4.98 Å². The predicted molar refractivity (Wildman–Crippen MR) is 81.2 cm³/mol. The van der Waals surface area contributed by atoms with E-state index in [0.29, 0.717) is 6.04 Å². The minimum Gasteiger partial charge on any atom is -0.341 e. The van der Waals surface area contributed by atoms with Gasteiger partial charge in [0.2, 0.25) is 0 Å². The summed E-state index contributed by atoms with van der Waals surface area (Å²) in [5, 5.41) is 3.70. The van der Waals surface area contributed by atoms with Crippen molar-refractivity contribution in [1.82, 2.24) is 15.3 Å². The fraction of sp³-hybridized carbons (Fsp3) is 0.562. The molecule has 2 N–H and O–H groups in total.